The number of benzene rings is 1. The van der Waals surface area contributed by atoms with Crippen molar-refractivity contribution < 1.29 is 13.9 Å². The Kier molecular flexibility index (Phi) is 3.37. The molecule has 94 valence electrons. The second kappa shape index (κ2) is 4.96. The maximum Gasteiger partial charge on any atom is 0.255 e. The number of hydrogen-bond donors (Lipinski definition) is 1. The minimum atomic E-state index is -0.160. The summed E-state index contributed by atoms with van der Waals surface area (Å²) in [4.78, 5) is 11.8. The molecule has 1 amide bonds. The van der Waals surface area contributed by atoms with Gasteiger partial charge in [-0.15, -0.1) is 0 Å². The Hall–Kier alpha value is -2.23. The summed E-state index contributed by atoms with van der Waals surface area (Å²) in [5.41, 5.74) is 1.23. The number of carbonyl (C=O) groups excluding carboxylic acids is 1. The second-order valence-electron chi connectivity index (χ2n) is 3.87. The van der Waals surface area contributed by atoms with Crippen molar-refractivity contribution in [3.05, 3.63) is 42.2 Å². The Morgan fingerprint density at radius 2 is 2.33 bits per heavy atom. The van der Waals surface area contributed by atoms with E-state index in [1.54, 1.807) is 32.2 Å². The van der Waals surface area contributed by atoms with Crippen LogP contribution in [0.4, 0.5) is 0 Å². The predicted molar refractivity (Wildman–Crippen MR) is 70.0 cm³/mol. The number of nitrogens with one attached hydrogen (secondary N) is 1. The summed E-state index contributed by atoms with van der Waals surface area (Å²) in [6.45, 7) is 5.79. The van der Waals surface area contributed by atoms with Gasteiger partial charge in [0.15, 0.2) is 0 Å². The first-order valence-electron chi connectivity index (χ1n) is 5.66. The highest BCUT2D eigenvalue weighted by molar-refractivity contribution is 6.07. The van der Waals surface area contributed by atoms with Crippen molar-refractivity contribution in [3.8, 4) is 5.75 Å². The third kappa shape index (κ3) is 2.09. The van der Waals surface area contributed by atoms with E-state index < -0.39 is 0 Å². The number of fused-ring (bicyclic) bond motifs is 1. The van der Waals surface area contributed by atoms with Crippen LogP contribution in [-0.2, 0) is 0 Å². The Morgan fingerprint density at radius 3 is 3.00 bits per heavy atom. The first-order chi connectivity index (χ1) is 8.67. The number of ether oxygens (including phenoxy) is 1. The van der Waals surface area contributed by atoms with Crippen LogP contribution in [0.15, 0.2) is 35.3 Å². The molecule has 4 nitrogen and oxygen atoms in total. The van der Waals surface area contributed by atoms with Crippen molar-refractivity contribution in [2.75, 3.05) is 13.7 Å². The zero-order valence-corrected chi connectivity index (χ0v) is 10.4. The van der Waals surface area contributed by atoms with Crippen molar-refractivity contribution in [3.63, 3.8) is 0 Å². The van der Waals surface area contributed by atoms with Gasteiger partial charge < -0.3 is 14.5 Å². The fraction of sp³-hybridized carbons (Fsp3) is 0.214. The number of carbonyl (C=O) groups is 1. The van der Waals surface area contributed by atoms with Gasteiger partial charge in [0.05, 0.1) is 5.56 Å². The van der Waals surface area contributed by atoms with Crippen LogP contribution in [0.3, 0.4) is 0 Å². The molecule has 0 aliphatic carbocycles. The van der Waals surface area contributed by atoms with E-state index in [1.165, 1.54) is 0 Å². The lowest BCUT2D eigenvalue weighted by atomic mass is 10.1. The molecular formula is C14H15NO3. The van der Waals surface area contributed by atoms with Gasteiger partial charge in [-0.2, -0.15) is 0 Å². The average Bonchev–Trinajstić information content (AvgIpc) is 2.70. The van der Waals surface area contributed by atoms with Crippen molar-refractivity contribution in [1.29, 1.82) is 0 Å². The molecule has 1 aromatic carbocycles. The molecule has 18 heavy (non-hydrogen) atoms. The van der Waals surface area contributed by atoms with Crippen molar-refractivity contribution >= 4 is 16.9 Å². The fourth-order valence-corrected chi connectivity index (χ4v) is 1.85. The van der Waals surface area contributed by atoms with E-state index in [1.807, 2.05) is 6.07 Å². The predicted octanol–water partition coefficient (Wildman–Crippen LogP) is 2.67. The first-order valence-corrected chi connectivity index (χ1v) is 5.66. The molecule has 0 saturated heterocycles. The molecule has 0 aliphatic heterocycles. The highest BCUT2D eigenvalue weighted by Crippen LogP contribution is 2.29. The lowest BCUT2D eigenvalue weighted by Crippen LogP contribution is -2.18. The average molecular weight is 245 g/mol. The summed E-state index contributed by atoms with van der Waals surface area (Å²) in [5, 5.41) is 3.36. The maximum atomic E-state index is 11.8. The van der Waals surface area contributed by atoms with Crippen molar-refractivity contribution in [2.24, 2.45) is 0 Å². The number of rotatable bonds is 4. The summed E-state index contributed by atoms with van der Waals surface area (Å²) >= 11 is 0. The molecule has 0 bridgehead atoms. The van der Waals surface area contributed by atoms with Crippen LogP contribution in [0, 0.1) is 6.92 Å². The lowest BCUT2D eigenvalue weighted by molar-refractivity contribution is 0.0963. The highest BCUT2D eigenvalue weighted by atomic mass is 16.5. The number of aryl methyl sites for hydroxylation is 1. The molecule has 0 aliphatic rings. The third-order valence-corrected chi connectivity index (χ3v) is 2.66. The van der Waals surface area contributed by atoms with Crippen LogP contribution in [-0.4, -0.2) is 19.6 Å². The van der Waals surface area contributed by atoms with Gasteiger partial charge in [0.2, 0.25) is 0 Å². The van der Waals surface area contributed by atoms with E-state index in [-0.39, 0.29) is 5.91 Å². The van der Waals surface area contributed by atoms with E-state index in [9.17, 15) is 4.79 Å². The number of amides is 1. The van der Waals surface area contributed by atoms with Gasteiger partial charge in [-0.05, 0) is 25.1 Å². The van der Waals surface area contributed by atoms with Gasteiger partial charge in [0.25, 0.3) is 5.91 Å². The SMILES string of the molecule is C=CCOc1ccc2oc(C)c(C(=O)NC)c2c1. The molecule has 1 N–H and O–H groups in total. The van der Waals surface area contributed by atoms with E-state index in [0.717, 1.165) is 5.39 Å². The van der Waals surface area contributed by atoms with Gasteiger partial charge in [-0.3, -0.25) is 4.79 Å². The molecule has 0 spiro atoms. The molecule has 2 rings (SSSR count). The topological polar surface area (TPSA) is 51.5 Å². The van der Waals surface area contributed by atoms with Crippen LogP contribution >= 0.6 is 0 Å². The Balaban J connectivity index is 2.52. The lowest BCUT2D eigenvalue weighted by Gasteiger charge is -2.03. The zero-order chi connectivity index (χ0) is 13.1. The van der Waals surface area contributed by atoms with Gasteiger partial charge in [0, 0.05) is 12.4 Å². The van der Waals surface area contributed by atoms with Crippen LogP contribution in [0.2, 0.25) is 0 Å². The molecule has 0 fully saturated rings. The summed E-state index contributed by atoms with van der Waals surface area (Å²) in [6, 6.07) is 5.41. The molecule has 0 saturated carbocycles. The van der Waals surface area contributed by atoms with Gasteiger partial charge in [-0.25, -0.2) is 0 Å². The minimum Gasteiger partial charge on any atom is -0.490 e. The molecule has 4 heteroatoms. The van der Waals surface area contributed by atoms with Gasteiger partial charge in [0.1, 0.15) is 23.7 Å². The maximum absolute atomic E-state index is 11.8. The van der Waals surface area contributed by atoms with Gasteiger partial charge >= 0.3 is 0 Å². The van der Waals surface area contributed by atoms with E-state index in [0.29, 0.717) is 29.3 Å². The van der Waals surface area contributed by atoms with Crippen LogP contribution in [0.1, 0.15) is 16.1 Å². The molecule has 2 aromatic rings. The molecule has 1 heterocycles. The number of hydrogen-bond acceptors (Lipinski definition) is 3. The summed E-state index contributed by atoms with van der Waals surface area (Å²) in [6.07, 6.45) is 1.67. The standard InChI is InChI=1S/C14H15NO3/c1-4-7-17-10-5-6-12-11(8-10)13(9(2)18-12)14(16)15-3/h4-6,8H,1,7H2,2-3H3,(H,15,16). The first kappa shape index (κ1) is 12.2. The Bertz CT molecular complexity index is 598. The monoisotopic (exact) mass is 245 g/mol. The van der Waals surface area contributed by atoms with Crippen LogP contribution in [0.25, 0.3) is 11.0 Å². The molecule has 1 aromatic heterocycles. The summed E-state index contributed by atoms with van der Waals surface area (Å²) in [7, 11) is 1.60. The normalized spacial score (nSPS) is 10.3. The highest BCUT2D eigenvalue weighted by Gasteiger charge is 2.17. The summed E-state index contributed by atoms with van der Waals surface area (Å²) in [5.74, 6) is 1.13. The second-order valence-corrected chi connectivity index (χ2v) is 3.87. The fourth-order valence-electron chi connectivity index (χ4n) is 1.85. The van der Waals surface area contributed by atoms with Crippen LogP contribution in [0.5, 0.6) is 5.75 Å². The summed E-state index contributed by atoms with van der Waals surface area (Å²) < 4.78 is 11.0. The minimum absolute atomic E-state index is 0.160. The molecule has 0 unspecified atom stereocenters. The van der Waals surface area contributed by atoms with Crippen molar-refractivity contribution in [2.45, 2.75) is 6.92 Å². The smallest absolute Gasteiger partial charge is 0.255 e. The van der Waals surface area contributed by atoms with E-state index in [2.05, 4.69) is 11.9 Å². The Morgan fingerprint density at radius 1 is 1.56 bits per heavy atom. The third-order valence-electron chi connectivity index (χ3n) is 2.66. The quantitative estimate of drug-likeness (QED) is 0.842. The Labute approximate surface area is 105 Å². The zero-order valence-electron chi connectivity index (χ0n) is 10.4. The largest absolute Gasteiger partial charge is 0.490 e. The number of furan rings is 1. The molecule has 0 radical (unpaired) electrons. The van der Waals surface area contributed by atoms with Crippen LogP contribution < -0.4 is 10.1 Å². The molecule has 0 atom stereocenters. The molecular weight excluding hydrogens is 230 g/mol. The van der Waals surface area contributed by atoms with E-state index in [4.69, 9.17) is 9.15 Å². The van der Waals surface area contributed by atoms with Gasteiger partial charge in [-0.1, -0.05) is 12.7 Å². The van der Waals surface area contributed by atoms with Crippen molar-refractivity contribution in [1.82, 2.24) is 5.32 Å². The van der Waals surface area contributed by atoms with E-state index >= 15 is 0 Å².